The maximum absolute atomic E-state index is 9.92. The molecule has 0 amide bonds. The van der Waals surface area contributed by atoms with Crippen molar-refractivity contribution < 1.29 is 9.84 Å². The number of aliphatic hydroxyl groups excluding tert-OH is 1. The van der Waals surface area contributed by atoms with Crippen LogP contribution in [0.3, 0.4) is 0 Å². The lowest BCUT2D eigenvalue weighted by atomic mass is 10.0. The van der Waals surface area contributed by atoms with E-state index in [1.807, 2.05) is 13.0 Å². The lowest BCUT2D eigenvalue weighted by Gasteiger charge is -2.20. The Hall–Kier alpha value is -0.340. The molecule has 2 nitrogen and oxygen atoms in total. The van der Waals surface area contributed by atoms with Crippen LogP contribution in [0, 0.1) is 5.92 Å². The number of allylic oxidation sites excluding steroid dienone is 2. The van der Waals surface area contributed by atoms with Gasteiger partial charge < -0.3 is 9.84 Å². The van der Waals surface area contributed by atoms with Crippen molar-refractivity contribution in [3.05, 3.63) is 12.2 Å². The Morgan fingerprint density at radius 2 is 2.00 bits per heavy atom. The molecular weight excluding hydrogens is 188 g/mol. The average Bonchev–Trinajstić information content (AvgIpc) is 2.66. The van der Waals surface area contributed by atoms with Crippen molar-refractivity contribution in [3.63, 3.8) is 0 Å². The van der Waals surface area contributed by atoms with Crippen LogP contribution >= 0.6 is 0 Å². The van der Waals surface area contributed by atoms with Gasteiger partial charge in [-0.15, -0.1) is 0 Å². The zero-order chi connectivity index (χ0) is 11.3. The van der Waals surface area contributed by atoms with E-state index in [4.69, 9.17) is 4.74 Å². The summed E-state index contributed by atoms with van der Waals surface area (Å²) in [6.45, 7) is 6.37. The Kier molecular flexibility index (Phi) is 5.34. The fourth-order valence-electron chi connectivity index (χ4n) is 2.08. The molecule has 0 radical (unpaired) electrons. The first-order valence-corrected chi connectivity index (χ1v) is 6.09. The van der Waals surface area contributed by atoms with E-state index in [1.54, 1.807) is 0 Å². The highest BCUT2D eigenvalue weighted by Crippen LogP contribution is 2.28. The van der Waals surface area contributed by atoms with Crippen LogP contribution < -0.4 is 0 Å². The molecule has 88 valence electrons. The van der Waals surface area contributed by atoms with Gasteiger partial charge in [-0.25, -0.2) is 0 Å². The highest BCUT2D eigenvalue weighted by atomic mass is 16.5. The summed E-state index contributed by atoms with van der Waals surface area (Å²) in [5.41, 5.74) is 0. The van der Waals surface area contributed by atoms with E-state index in [0.29, 0.717) is 12.0 Å². The molecule has 0 saturated carbocycles. The van der Waals surface area contributed by atoms with Crippen LogP contribution in [0.15, 0.2) is 12.2 Å². The van der Waals surface area contributed by atoms with Crippen LogP contribution in [0.5, 0.6) is 0 Å². The summed E-state index contributed by atoms with van der Waals surface area (Å²) >= 11 is 0. The fourth-order valence-corrected chi connectivity index (χ4v) is 2.08. The van der Waals surface area contributed by atoms with Crippen molar-refractivity contribution in [2.45, 2.75) is 64.8 Å². The molecule has 0 aromatic carbocycles. The minimum Gasteiger partial charge on any atom is -0.390 e. The molecule has 1 aliphatic rings. The fraction of sp³-hybridized carbons (Fsp3) is 0.846. The number of rotatable bonds is 5. The predicted molar refractivity (Wildman–Crippen MR) is 62.8 cm³/mol. The zero-order valence-corrected chi connectivity index (χ0v) is 10.1. The highest BCUT2D eigenvalue weighted by molar-refractivity contribution is 4.84. The third kappa shape index (κ3) is 3.96. The number of ether oxygens (including phenoxy) is 1. The third-order valence-corrected chi connectivity index (χ3v) is 3.12. The van der Waals surface area contributed by atoms with Crippen LogP contribution in [0.1, 0.15) is 46.5 Å². The second kappa shape index (κ2) is 6.29. The standard InChI is InChI=1S/C13H24O2/c1-4-5-6-7-11(14)13-9-8-12(15-13)10(2)3/h4-5,10-14H,6-9H2,1-3H3/b5-4-/t11-,12+,13+/m0/s1. The highest BCUT2D eigenvalue weighted by Gasteiger charge is 2.31. The quantitative estimate of drug-likeness (QED) is 0.710. The van der Waals surface area contributed by atoms with E-state index in [0.717, 1.165) is 25.7 Å². The van der Waals surface area contributed by atoms with Gasteiger partial charge >= 0.3 is 0 Å². The van der Waals surface area contributed by atoms with Crippen molar-refractivity contribution in [2.24, 2.45) is 5.92 Å². The van der Waals surface area contributed by atoms with Crippen molar-refractivity contribution in [2.75, 3.05) is 0 Å². The summed E-state index contributed by atoms with van der Waals surface area (Å²) in [4.78, 5) is 0. The number of aliphatic hydroxyl groups is 1. The van der Waals surface area contributed by atoms with E-state index < -0.39 is 0 Å². The van der Waals surface area contributed by atoms with Crippen molar-refractivity contribution in [1.29, 1.82) is 0 Å². The maximum Gasteiger partial charge on any atom is 0.0838 e. The van der Waals surface area contributed by atoms with E-state index in [9.17, 15) is 5.11 Å². The number of hydrogen-bond acceptors (Lipinski definition) is 2. The zero-order valence-electron chi connectivity index (χ0n) is 10.1. The molecule has 0 aromatic heterocycles. The van der Waals surface area contributed by atoms with Crippen molar-refractivity contribution >= 4 is 0 Å². The second-order valence-electron chi connectivity index (χ2n) is 4.75. The molecule has 1 fully saturated rings. The summed E-state index contributed by atoms with van der Waals surface area (Å²) in [5, 5.41) is 9.92. The molecule has 0 bridgehead atoms. The molecule has 2 heteroatoms. The first kappa shape index (κ1) is 12.7. The average molecular weight is 212 g/mol. The van der Waals surface area contributed by atoms with E-state index >= 15 is 0 Å². The Morgan fingerprint density at radius 1 is 1.33 bits per heavy atom. The Bertz CT molecular complexity index is 199. The summed E-state index contributed by atoms with van der Waals surface area (Å²) < 4.78 is 5.84. The van der Waals surface area contributed by atoms with Gasteiger partial charge in [-0.2, -0.15) is 0 Å². The lowest BCUT2D eigenvalue weighted by molar-refractivity contribution is -0.0491. The molecule has 0 spiro atoms. The molecule has 1 heterocycles. The van der Waals surface area contributed by atoms with Crippen LogP contribution in [0.25, 0.3) is 0 Å². The molecule has 0 aromatic rings. The largest absolute Gasteiger partial charge is 0.390 e. The van der Waals surface area contributed by atoms with Gasteiger partial charge in [0.1, 0.15) is 0 Å². The maximum atomic E-state index is 9.92. The van der Waals surface area contributed by atoms with Gasteiger partial charge in [0.25, 0.3) is 0 Å². The first-order valence-electron chi connectivity index (χ1n) is 6.09. The van der Waals surface area contributed by atoms with Crippen molar-refractivity contribution in [3.8, 4) is 0 Å². The van der Waals surface area contributed by atoms with Crippen LogP contribution in [-0.4, -0.2) is 23.4 Å². The third-order valence-electron chi connectivity index (χ3n) is 3.12. The Labute approximate surface area is 93.3 Å². The Balaban J connectivity index is 2.26. The summed E-state index contributed by atoms with van der Waals surface area (Å²) in [6.07, 6.45) is 8.14. The molecule has 0 aliphatic carbocycles. The SMILES string of the molecule is C/C=C\CC[C@H](O)[C@H]1CC[C@H](C(C)C)O1. The molecule has 15 heavy (non-hydrogen) atoms. The van der Waals surface area contributed by atoms with Gasteiger partial charge in [-0.1, -0.05) is 26.0 Å². The molecule has 1 N–H and O–H groups in total. The summed E-state index contributed by atoms with van der Waals surface area (Å²) in [6, 6.07) is 0. The van der Waals surface area contributed by atoms with Gasteiger partial charge in [0, 0.05) is 0 Å². The number of hydrogen-bond donors (Lipinski definition) is 1. The van der Waals surface area contributed by atoms with E-state index in [2.05, 4.69) is 19.9 Å². The second-order valence-corrected chi connectivity index (χ2v) is 4.75. The van der Waals surface area contributed by atoms with Gasteiger partial charge in [-0.05, 0) is 38.5 Å². The van der Waals surface area contributed by atoms with Gasteiger partial charge in [0.2, 0.25) is 0 Å². The van der Waals surface area contributed by atoms with Gasteiger partial charge in [0.15, 0.2) is 0 Å². The van der Waals surface area contributed by atoms with E-state index in [-0.39, 0.29) is 12.2 Å². The van der Waals surface area contributed by atoms with Crippen molar-refractivity contribution in [1.82, 2.24) is 0 Å². The van der Waals surface area contributed by atoms with Gasteiger partial charge in [-0.3, -0.25) is 0 Å². The smallest absolute Gasteiger partial charge is 0.0838 e. The topological polar surface area (TPSA) is 29.5 Å². The summed E-state index contributed by atoms with van der Waals surface area (Å²) in [7, 11) is 0. The molecule has 1 rings (SSSR count). The first-order chi connectivity index (χ1) is 7.15. The Morgan fingerprint density at radius 3 is 2.53 bits per heavy atom. The molecular formula is C13H24O2. The molecule has 1 aliphatic heterocycles. The normalized spacial score (nSPS) is 29.1. The van der Waals surface area contributed by atoms with E-state index in [1.165, 1.54) is 0 Å². The van der Waals surface area contributed by atoms with Gasteiger partial charge in [0.05, 0.1) is 18.3 Å². The monoisotopic (exact) mass is 212 g/mol. The predicted octanol–water partition coefficient (Wildman–Crippen LogP) is 2.91. The molecule has 3 atom stereocenters. The minimum absolute atomic E-state index is 0.0719. The minimum atomic E-state index is -0.287. The summed E-state index contributed by atoms with van der Waals surface area (Å²) in [5.74, 6) is 0.567. The lowest BCUT2D eigenvalue weighted by Crippen LogP contribution is -2.27. The molecule has 0 unspecified atom stereocenters. The molecule has 1 saturated heterocycles. The van der Waals surface area contributed by atoms with Crippen LogP contribution in [0.4, 0.5) is 0 Å². The van der Waals surface area contributed by atoms with Crippen LogP contribution in [-0.2, 0) is 4.74 Å². The van der Waals surface area contributed by atoms with Crippen LogP contribution in [0.2, 0.25) is 0 Å².